The average Bonchev–Trinajstić information content (AvgIpc) is 2.54. The largest absolute Gasteiger partial charge is 0.481 e. The van der Waals surface area contributed by atoms with Crippen LogP contribution in [0.4, 0.5) is 4.39 Å². The highest BCUT2D eigenvalue weighted by Crippen LogP contribution is 2.33. The highest BCUT2D eigenvalue weighted by molar-refractivity contribution is 5.70. The molecule has 25 heavy (non-hydrogen) atoms. The van der Waals surface area contributed by atoms with E-state index in [1.807, 2.05) is 6.07 Å². The Morgan fingerprint density at radius 1 is 1.16 bits per heavy atom. The van der Waals surface area contributed by atoms with Gasteiger partial charge in [-0.1, -0.05) is 41.5 Å². The summed E-state index contributed by atoms with van der Waals surface area (Å²) in [4.78, 5) is 13.7. The summed E-state index contributed by atoms with van der Waals surface area (Å²) < 4.78 is 13.9. The molecule has 3 rings (SSSR count). The predicted molar refractivity (Wildman–Crippen MR) is 96.1 cm³/mol. The molecule has 1 fully saturated rings. The van der Waals surface area contributed by atoms with Crippen molar-refractivity contribution in [1.82, 2.24) is 4.90 Å². The van der Waals surface area contributed by atoms with E-state index in [0.29, 0.717) is 13.0 Å². The number of likely N-dealkylation sites (tertiary alicyclic amines) is 1. The van der Waals surface area contributed by atoms with Gasteiger partial charge in [-0.05, 0) is 56.5 Å². The standard InChI is InChI=1S/C21H24FNO2/c1-14-9-15(2)11-18(10-14)20(16-5-3-7-19(22)12-16)23-8-4-6-17(13-23)21(24)25/h3,5,7,9-12,17,20H,4,6,8,13H2,1-2H3,(H,24,25). The van der Waals surface area contributed by atoms with Crippen LogP contribution in [0.15, 0.2) is 42.5 Å². The molecule has 1 N–H and O–H groups in total. The maximum Gasteiger partial charge on any atom is 0.307 e. The van der Waals surface area contributed by atoms with E-state index in [1.54, 1.807) is 12.1 Å². The third-order valence-corrected chi connectivity index (χ3v) is 4.89. The van der Waals surface area contributed by atoms with Gasteiger partial charge in [0.05, 0.1) is 12.0 Å². The summed E-state index contributed by atoms with van der Waals surface area (Å²) in [5.74, 6) is -1.38. The molecule has 0 spiro atoms. The number of benzene rings is 2. The van der Waals surface area contributed by atoms with Crippen molar-refractivity contribution in [2.75, 3.05) is 13.1 Å². The molecule has 0 bridgehead atoms. The number of aliphatic carboxylic acids is 1. The summed E-state index contributed by atoms with van der Waals surface area (Å²) in [6.07, 6.45) is 1.54. The summed E-state index contributed by atoms with van der Waals surface area (Å²) >= 11 is 0. The molecule has 1 aliphatic rings. The topological polar surface area (TPSA) is 40.5 Å². The zero-order valence-electron chi connectivity index (χ0n) is 14.7. The van der Waals surface area contributed by atoms with E-state index in [0.717, 1.165) is 35.2 Å². The van der Waals surface area contributed by atoms with Crippen molar-refractivity contribution in [3.05, 3.63) is 70.5 Å². The minimum Gasteiger partial charge on any atom is -0.481 e. The van der Waals surface area contributed by atoms with Gasteiger partial charge < -0.3 is 5.11 Å². The van der Waals surface area contributed by atoms with Crippen LogP contribution in [-0.2, 0) is 4.79 Å². The Morgan fingerprint density at radius 2 is 1.88 bits per heavy atom. The minimum atomic E-state index is -0.747. The molecule has 0 amide bonds. The molecule has 1 saturated heterocycles. The molecule has 2 aromatic rings. The molecule has 1 heterocycles. The van der Waals surface area contributed by atoms with Gasteiger partial charge in [0.25, 0.3) is 0 Å². The van der Waals surface area contributed by atoms with Crippen LogP contribution >= 0.6 is 0 Å². The first-order chi connectivity index (χ1) is 11.9. The summed E-state index contributed by atoms with van der Waals surface area (Å²) in [5.41, 5.74) is 4.27. The van der Waals surface area contributed by atoms with Crippen molar-refractivity contribution in [3.8, 4) is 0 Å². The fraction of sp³-hybridized carbons (Fsp3) is 0.381. The summed E-state index contributed by atoms with van der Waals surface area (Å²) in [7, 11) is 0. The van der Waals surface area contributed by atoms with Gasteiger partial charge in [-0.15, -0.1) is 0 Å². The van der Waals surface area contributed by atoms with E-state index in [1.165, 1.54) is 6.07 Å². The van der Waals surface area contributed by atoms with Crippen molar-refractivity contribution in [1.29, 1.82) is 0 Å². The second-order valence-corrected chi connectivity index (χ2v) is 7.05. The second-order valence-electron chi connectivity index (χ2n) is 7.05. The number of carboxylic acid groups (broad SMARTS) is 1. The lowest BCUT2D eigenvalue weighted by Crippen LogP contribution is -2.41. The van der Waals surface area contributed by atoms with Crippen molar-refractivity contribution < 1.29 is 14.3 Å². The van der Waals surface area contributed by atoms with Gasteiger partial charge in [-0.2, -0.15) is 0 Å². The monoisotopic (exact) mass is 341 g/mol. The average molecular weight is 341 g/mol. The van der Waals surface area contributed by atoms with E-state index in [4.69, 9.17) is 0 Å². The SMILES string of the molecule is Cc1cc(C)cc(C(c2cccc(F)c2)N2CCCC(C(=O)O)C2)c1. The van der Waals surface area contributed by atoms with E-state index in [-0.39, 0.29) is 17.8 Å². The fourth-order valence-corrected chi connectivity index (χ4v) is 3.90. The van der Waals surface area contributed by atoms with Crippen LogP contribution in [-0.4, -0.2) is 29.1 Å². The van der Waals surface area contributed by atoms with Crippen LogP contribution in [0.3, 0.4) is 0 Å². The van der Waals surface area contributed by atoms with E-state index >= 15 is 0 Å². The number of aryl methyl sites for hydroxylation is 2. The number of hydrogen-bond donors (Lipinski definition) is 1. The number of nitrogens with zero attached hydrogens (tertiary/aromatic N) is 1. The summed E-state index contributed by atoms with van der Waals surface area (Å²) in [6.45, 7) is 5.41. The Bertz CT molecular complexity index is 754. The maximum atomic E-state index is 13.9. The number of hydrogen-bond acceptors (Lipinski definition) is 2. The lowest BCUT2D eigenvalue weighted by Gasteiger charge is -2.38. The van der Waals surface area contributed by atoms with Crippen molar-refractivity contribution in [3.63, 3.8) is 0 Å². The lowest BCUT2D eigenvalue weighted by molar-refractivity contribution is -0.143. The number of halogens is 1. The number of carbonyl (C=O) groups is 1. The lowest BCUT2D eigenvalue weighted by atomic mass is 9.90. The molecule has 0 saturated carbocycles. The van der Waals surface area contributed by atoms with Crippen LogP contribution in [0.25, 0.3) is 0 Å². The first kappa shape index (κ1) is 17.6. The molecule has 2 atom stereocenters. The first-order valence-electron chi connectivity index (χ1n) is 8.74. The van der Waals surface area contributed by atoms with Crippen LogP contribution in [0, 0.1) is 25.6 Å². The van der Waals surface area contributed by atoms with Crippen LogP contribution in [0.5, 0.6) is 0 Å². The van der Waals surface area contributed by atoms with Crippen LogP contribution < -0.4 is 0 Å². The zero-order valence-corrected chi connectivity index (χ0v) is 14.7. The molecular weight excluding hydrogens is 317 g/mol. The smallest absolute Gasteiger partial charge is 0.307 e. The summed E-state index contributed by atoms with van der Waals surface area (Å²) in [6, 6.07) is 12.9. The predicted octanol–water partition coefficient (Wildman–Crippen LogP) is 4.33. The maximum absolute atomic E-state index is 13.9. The van der Waals surface area contributed by atoms with Gasteiger partial charge >= 0.3 is 5.97 Å². The third kappa shape index (κ3) is 4.07. The van der Waals surface area contributed by atoms with E-state index < -0.39 is 5.97 Å². The van der Waals surface area contributed by atoms with Gasteiger partial charge in [0.15, 0.2) is 0 Å². The Kier molecular flexibility index (Phi) is 5.19. The quantitative estimate of drug-likeness (QED) is 0.900. The Labute approximate surface area is 148 Å². The Hall–Kier alpha value is -2.20. The molecule has 0 aromatic heterocycles. The van der Waals surface area contributed by atoms with Gasteiger partial charge in [-0.25, -0.2) is 4.39 Å². The first-order valence-corrected chi connectivity index (χ1v) is 8.74. The molecule has 2 unspecified atom stereocenters. The van der Waals surface area contributed by atoms with E-state index in [9.17, 15) is 14.3 Å². The third-order valence-electron chi connectivity index (χ3n) is 4.89. The highest BCUT2D eigenvalue weighted by atomic mass is 19.1. The molecule has 1 aliphatic heterocycles. The normalized spacial score (nSPS) is 19.6. The van der Waals surface area contributed by atoms with E-state index in [2.05, 4.69) is 36.9 Å². The number of rotatable bonds is 4. The van der Waals surface area contributed by atoms with Crippen LogP contribution in [0.1, 0.15) is 41.1 Å². The highest BCUT2D eigenvalue weighted by Gasteiger charge is 2.31. The van der Waals surface area contributed by atoms with Crippen LogP contribution in [0.2, 0.25) is 0 Å². The molecular formula is C21H24FNO2. The van der Waals surface area contributed by atoms with Crippen molar-refractivity contribution >= 4 is 5.97 Å². The molecule has 0 radical (unpaired) electrons. The number of piperidine rings is 1. The molecule has 0 aliphatic carbocycles. The van der Waals surface area contributed by atoms with Gasteiger partial charge in [-0.3, -0.25) is 9.69 Å². The number of carboxylic acids is 1. The molecule has 3 nitrogen and oxygen atoms in total. The Balaban J connectivity index is 2.04. The Morgan fingerprint density at radius 3 is 2.52 bits per heavy atom. The minimum absolute atomic E-state index is 0.128. The van der Waals surface area contributed by atoms with Gasteiger partial charge in [0.2, 0.25) is 0 Å². The second kappa shape index (κ2) is 7.36. The van der Waals surface area contributed by atoms with Crippen molar-refractivity contribution in [2.24, 2.45) is 5.92 Å². The molecule has 2 aromatic carbocycles. The molecule has 132 valence electrons. The summed E-state index contributed by atoms with van der Waals surface area (Å²) in [5, 5.41) is 9.42. The van der Waals surface area contributed by atoms with Gasteiger partial charge in [0, 0.05) is 6.54 Å². The van der Waals surface area contributed by atoms with Gasteiger partial charge in [0.1, 0.15) is 5.82 Å². The van der Waals surface area contributed by atoms with Crippen molar-refractivity contribution in [2.45, 2.75) is 32.7 Å². The fourth-order valence-electron chi connectivity index (χ4n) is 3.90. The zero-order chi connectivity index (χ0) is 18.0. The molecule has 4 heteroatoms.